The fourth-order valence-electron chi connectivity index (χ4n) is 1.55. The Hall–Kier alpha value is -1.39. The van der Waals surface area contributed by atoms with Gasteiger partial charge in [0.2, 0.25) is 0 Å². The van der Waals surface area contributed by atoms with Crippen molar-refractivity contribution in [1.82, 2.24) is 19.9 Å². The van der Waals surface area contributed by atoms with Crippen molar-refractivity contribution in [3.05, 3.63) is 41.1 Å². The van der Waals surface area contributed by atoms with E-state index in [1.807, 2.05) is 37.0 Å². The molecule has 16 heavy (non-hydrogen) atoms. The van der Waals surface area contributed by atoms with Crippen molar-refractivity contribution in [3.63, 3.8) is 0 Å². The largest absolute Gasteiger partial charge is 0.316 e. The predicted octanol–water partition coefficient (Wildman–Crippen LogP) is 1.95. The van der Waals surface area contributed by atoms with Gasteiger partial charge >= 0.3 is 0 Å². The molecule has 0 atom stereocenters. The van der Waals surface area contributed by atoms with Crippen molar-refractivity contribution >= 4 is 11.6 Å². The molecule has 0 amide bonds. The SMILES string of the molecule is CNCc1cnc(-n2ccnc2C)c(Cl)c1. The summed E-state index contributed by atoms with van der Waals surface area (Å²) in [6.45, 7) is 2.68. The maximum atomic E-state index is 6.19. The number of hydrogen-bond acceptors (Lipinski definition) is 3. The van der Waals surface area contributed by atoms with Gasteiger partial charge in [0.1, 0.15) is 5.82 Å². The van der Waals surface area contributed by atoms with E-state index in [9.17, 15) is 0 Å². The molecular weight excluding hydrogens is 224 g/mol. The summed E-state index contributed by atoms with van der Waals surface area (Å²) in [5, 5.41) is 3.69. The molecule has 0 aliphatic rings. The lowest BCUT2D eigenvalue weighted by Crippen LogP contribution is -2.07. The normalized spacial score (nSPS) is 10.7. The maximum Gasteiger partial charge on any atom is 0.156 e. The third-order valence-electron chi connectivity index (χ3n) is 2.31. The minimum absolute atomic E-state index is 0.633. The van der Waals surface area contributed by atoms with Crippen LogP contribution >= 0.6 is 11.6 Å². The van der Waals surface area contributed by atoms with Crippen LogP contribution in [0.25, 0.3) is 5.82 Å². The van der Waals surface area contributed by atoms with E-state index in [-0.39, 0.29) is 0 Å². The highest BCUT2D eigenvalue weighted by Crippen LogP contribution is 2.20. The second kappa shape index (κ2) is 4.63. The van der Waals surface area contributed by atoms with Crippen LogP contribution in [0.15, 0.2) is 24.7 Å². The molecular formula is C11H13ClN4. The van der Waals surface area contributed by atoms with Crippen LogP contribution in [0.1, 0.15) is 11.4 Å². The molecule has 84 valence electrons. The third-order valence-corrected chi connectivity index (χ3v) is 2.59. The number of imidazole rings is 1. The predicted molar refractivity (Wildman–Crippen MR) is 63.9 cm³/mol. The molecule has 1 N–H and O–H groups in total. The van der Waals surface area contributed by atoms with E-state index in [1.165, 1.54) is 0 Å². The monoisotopic (exact) mass is 236 g/mol. The zero-order valence-electron chi connectivity index (χ0n) is 9.24. The Balaban J connectivity index is 2.40. The molecule has 0 radical (unpaired) electrons. The van der Waals surface area contributed by atoms with Gasteiger partial charge in [0, 0.05) is 25.1 Å². The maximum absolute atomic E-state index is 6.19. The van der Waals surface area contributed by atoms with Crippen LogP contribution in [-0.2, 0) is 6.54 Å². The van der Waals surface area contributed by atoms with Crippen molar-refractivity contribution in [3.8, 4) is 5.82 Å². The first-order chi connectivity index (χ1) is 7.72. The zero-order valence-corrected chi connectivity index (χ0v) is 9.99. The molecule has 0 saturated carbocycles. The van der Waals surface area contributed by atoms with E-state index in [1.54, 1.807) is 6.20 Å². The Bertz CT molecular complexity index is 492. The molecule has 0 aliphatic heterocycles. The quantitative estimate of drug-likeness (QED) is 0.886. The van der Waals surface area contributed by atoms with Gasteiger partial charge in [-0.25, -0.2) is 9.97 Å². The van der Waals surface area contributed by atoms with Crippen molar-refractivity contribution < 1.29 is 0 Å². The topological polar surface area (TPSA) is 42.7 Å². The molecule has 0 fully saturated rings. The molecule has 0 aliphatic carbocycles. The zero-order chi connectivity index (χ0) is 11.5. The Kier molecular flexibility index (Phi) is 3.22. The van der Waals surface area contributed by atoms with E-state index < -0.39 is 0 Å². The summed E-state index contributed by atoms with van der Waals surface area (Å²) in [6, 6.07) is 1.92. The Morgan fingerprint density at radius 1 is 1.44 bits per heavy atom. The second-order valence-electron chi connectivity index (χ2n) is 3.52. The number of nitrogens with one attached hydrogen (secondary N) is 1. The lowest BCUT2D eigenvalue weighted by Gasteiger charge is -2.08. The van der Waals surface area contributed by atoms with Gasteiger partial charge in [0.15, 0.2) is 5.82 Å². The van der Waals surface area contributed by atoms with Gasteiger partial charge in [-0.2, -0.15) is 0 Å². The molecule has 2 aromatic heterocycles. The summed E-state index contributed by atoms with van der Waals surface area (Å²) in [4.78, 5) is 8.50. The minimum atomic E-state index is 0.633. The van der Waals surface area contributed by atoms with Crippen molar-refractivity contribution in [1.29, 1.82) is 0 Å². The van der Waals surface area contributed by atoms with Crippen molar-refractivity contribution in [2.75, 3.05) is 7.05 Å². The molecule has 5 heteroatoms. The van der Waals surface area contributed by atoms with Gasteiger partial charge in [-0.15, -0.1) is 0 Å². The van der Waals surface area contributed by atoms with Gasteiger partial charge in [-0.1, -0.05) is 11.6 Å². The van der Waals surface area contributed by atoms with Gasteiger partial charge < -0.3 is 5.32 Å². The van der Waals surface area contributed by atoms with E-state index in [4.69, 9.17) is 11.6 Å². The summed E-state index contributed by atoms with van der Waals surface area (Å²) >= 11 is 6.19. The lowest BCUT2D eigenvalue weighted by atomic mass is 10.3. The lowest BCUT2D eigenvalue weighted by molar-refractivity contribution is 0.809. The first kappa shape index (κ1) is 11.1. The van der Waals surface area contributed by atoms with E-state index in [2.05, 4.69) is 15.3 Å². The van der Waals surface area contributed by atoms with Gasteiger partial charge in [-0.05, 0) is 25.6 Å². The Morgan fingerprint density at radius 3 is 2.81 bits per heavy atom. The fourth-order valence-corrected chi connectivity index (χ4v) is 1.83. The first-order valence-corrected chi connectivity index (χ1v) is 5.39. The molecule has 2 heterocycles. The number of pyridine rings is 1. The van der Waals surface area contributed by atoms with Crippen LogP contribution in [0.4, 0.5) is 0 Å². The van der Waals surface area contributed by atoms with E-state index in [0.717, 1.165) is 23.8 Å². The van der Waals surface area contributed by atoms with Crippen molar-refractivity contribution in [2.24, 2.45) is 0 Å². The summed E-state index contributed by atoms with van der Waals surface area (Å²) in [5.74, 6) is 1.59. The van der Waals surface area contributed by atoms with Crippen LogP contribution in [-0.4, -0.2) is 21.6 Å². The molecule has 0 aromatic carbocycles. The van der Waals surface area contributed by atoms with E-state index in [0.29, 0.717) is 5.02 Å². The Morgan fingerprint density at radius 2 is 2.25 bits per heavy atom. The van der Waals surface area contributed by atoms with Crippen LogP contribution in [0.5, 0.6) is 0 Å². The summed E-state index contributed by atoms with van der Waals surface area (Å²) < 4.78 is 1.87. The number of nitrogens with zero attached hydrogens (tertiary/aromatic N) is 3. The van der Waals surface area contributed by atoms with Crippen LogP contribution < -0.4 is 5.32 Å². The number of rotatable bonds is 3. The molecule has 0 unspecified atom stereocenters. The van der Waals surface area contributed by atoms with Gasteiger partial charge in [0.25, 0.3) is 0 Å². The van der Waals surface area contributed by atoms with Gasteiger partial charge in [0.05, 0.1) is 5.02 Å². The first-order valence-electron chi connectivity index (χ1n) is 5.01. The number of aromatic nitrogens is 3. The fraction of sp³-hybridized carbons (Fsp3) is 0.273. The Labute approximate surface area is 99.3 Å². The third kappa shape index (κ3) is 2.08. The molecule has 0 saturated heterocycles. The smallest absolute Gasteiger partial charge is 0.156 e. The highest BCUT2D eigenvalue weighted by atomic mass is 35.5. The van der Waals surface area contributed by atoms with Crippen LogP contribution in [0, 0.1) is 6.92 Å². The second-order valence-corrected chi connectivity index (χ2v) is 3.93. The van der Waals surface area contributed by atoms with Gasteiger partial charge in [-0.3, -0.25) is 4.57 Å². The number of hydrogen-bond donors (Lipinski definition) is 1. The summed E-state index contributed by atoms with van der Waals surface area (Å²) in [6.07, 6.45) is 5.40. The standard InChI is InChI=1S/C11H13ClN4/c1-8-14-3-4-16(8)11-10(12)5-9(6-13-2)7-15-11/h3-5,7,13H,6H2,1-2H3. The summed E-state index contributed by atoms with van der Waals surface area (Å²) in [5.41, 5.74) is 1.06. The molecule has 0 bridgehead atoms. The van der Waals surface area contributed by atoms with Crippen molar-refractivity contribution in [2.45, 2.75) is 13.5 Å². The molecule has 2 rings (SSSR count). The van der Waals surface area contributed by atoms with Crippen LogP contribution in [0.3, 0.4) is 0 Å². The number of halogens is 1. The average Bonchev–Trinajstić information content (AvgIpc) is 2.65. The van der Waals surface area contributed by atoms with Crippen LogP contribution in [0.2, 0.25) is 5.02 Å². The highest BCUT2D eigenvalue weighted by Gasteiger charge is 2.07. The molecule has 4 nitrogen and oxygen atoms in total. The van der Waals surface area contributed by atoms with E-state index >= 15 is 0 Å². The number of aryl methyl sites for hydroxylation is 1. The molecule has 0 spiro atoms. The molecule has 2 aromatic rings. The highest BCUT2D eigenvalue weighted by molar-refractivity contribution is 6.32. The average molecular weight is 237 g/mol. The summed E-state index contributed by atoms with van der Waals surface area (Å²) in [7, 11) is 1.89. The minimum Gasteiger partial charge on any atom is -0.316 e.